The number of carbonyl (C=O) groups excluding carboxylic acids is 2. The Morgan fingerprint density at radius 2 is 1.89 bits per heavy atom. The highest BCUT2D eigenvalue weighted by molar-refractivity contribution is 5.93. The number of alkyl halides is 1. The molecule has 38 heavy (non-hydrogen) atoms. The molecule has 0 aromatic heterocycles. The van der Waals surface area contributed by atoms with Crippen molar-refractivity contribution in [2.75, 3.05) is 31.2 Å². The van der Waals surface area contributed by atoms with Crippen molar-refractivity contribution < 1.29 is 18.7 Å². The van der Waals surface area contributed by atoms with E-state index in [1.54, 1.807) is 13.0 Å². The zero-order valence-corrected chi connectivity index (χ0v) is 22.8. The maximum Gasteiger partial charge on any atom is 0.156 e. The highest BCUT2D eigenvalue weighted by atomic mass is 19.1. The topological polar surface area (TPSA) is 46.6 Å². The minimum atomic E-state index is -1.13. The van der Waals surface area contributed by atoms with Crippen molar-refractivity contribution in [1.29, 1.82) is 0 Å². The third-order valence-corrected chi connectivity index (χ3v) is 10.6. The van der Waals surface area contributed by atoms with Gasteiger partial charge in [-0.3, -0.25) is 9.59 Å². The van der Waals surface area contributed by atoms with Crippen molar-refractivity contribution >= 4 is 17.3 Å². The molecule has 0 N–H and O–H groups in total. The van der Waals surface area contributed by atoms with Crippen LogP contribution in [0.5, 0.6) is 0 Å². The number of hydrogen-bond acceptors (Lipinski definition) is 4. The Morgan fingerprint density at radius 3 is 2.58 bits per heavy atom. The van der Waals surface area contributed by atoms with Gasteiger partial charge >= 0.3 is 0 Å². The number of allylic oxidation sites excluding steroid dienone is 4. The lowest BCUT2D eigenvalue weighted by atomic mass is 9.48. The lowest BCUT2D eigenvalue weighted by Crippen LogP contribution is -2.51. The van der Waals surface area contributed by atoms with Crippen molar-refractivity contribution in [2.45, 2.75) is 71.4 Å². The summed E-state index contributed by atoms with van der Waals surface area (Å²) in [6, 6.07) is 8.88. The molecular weight excluding hydrogens is 477 g/mol. The molecule has 0 radical (unpaired) electrons. The van der Waals surface area contributed by atoms with Crippen LogP contribution >= 0.6 is 0 Å². The summed E-state index contributed by atoms with van der Waals surface area (Å²) in [6.07, 6.45) is 4.37. The van der Waals surface area contributed by atoms with Gasteiger partial charge in [0.2, 0.25) is 0 Å². The number of hydrogen-bond donors (Lipinski definition) is 0. The van der Waals surface area contributed by atoms with Crippen LogP contribution in [0.15, 0.2) is 47.1 Å². The highest BCUT2D eigenvalue weighted by Crippen LogP contribution is 2.69. The number of carbonyl (C=O) groups is 2. The molecule has 0 spiro atoms. The van der Waals surface area contributed by atoms with Crippen molar-refractivity contribution in [3.63, 3.8) is 0 Å². The van der Waals surface area contributed by atoms with Gasteiger partial charge in [0.25, 0.3) is 0 Å². The maximum atomic E-state index is 15.8. The molecule has 1 saturated heterocycles. The predicted molar refractivity (Wildman–Crippen MR) is 147 cm³/mol. The molecule has 0 bridgehead atoms. The lowest BCUT2D eigenvalue weighted by Gasteiger charge is -2.55. The van der Waals surface area contributed by atoms with E-state index in [2.05, 4.69) is 47.9 Å². The number of morpholine rings is 1. The molecule has 6 atom stereocenters. The Balaban J connectivity index is 1.49. The average Bonchev–Trinajstić information content (AvgIpc) is 3.22. The third-order valence-electron chi connectivity index (χ3n) is 10.6. The Kier molecular flexibility index (Phi) is 6.38. The first kappa shape index (κ1) is 25.6. The van der Waals surface area contributed by atoms with Gasteiger partial charge in [-0.05, 0) is 98.1 Å². The van der Waals surface area contributed by atoms with E-state index in [9.17, 15) is 9.59 Å². The summed E-state index contributed by atoms with van der Waals surface area (Å²) in [6.45, 7) is 9.04. The van der Waals surface area contributed by atoms with Gasteiger partial charge in [0.15, 0.2) is 5.78 Å². The summed E-state index contributed by atoms with van der Waals surface area (Å²) in [7, 11) is 0. The van der Waals surface area contributed by atoms with E-state index in [1.165, 1.54) is 16.8 Å². The van der Waals surface area contributed by atoms with Crippen LogP contribution in [0.1, 0.15) is 70.8 Å². The number of fused-ring (bicyclic) bond motifs is 4. The van der Waals surface area contributed by atoms with Gasteiger partial charge < -0.3 is 9.64 Å². The monoisotopic (exact) mass is 515 g/mol. The van der Waals surface area contributed by atoms with Crippen LogP contribution in [-0.4, -0.2) is 44.0 Å². The number of nitrogens with zero attached hydrogens (tertiary/aromatic N) is 1. The Morgan fingerprint density at radius 1 is 1.16 bits per heavy atom. The van der Waals surface area contributed by atoms with Crippen LogP contribution in [0.3, 0.4) is 0 Å². The van der Waals surface area contributed by atoms with E-state index < -0.39 is 11.6 Å². The van der Waals surface area contributed by atoms with Crippen LogP contribution in [0.4, 0.5) is 10.1 Å². The fourth-order valence-corrected chi connectivity index (χ4v) is 8.78. The fraction of sp³-hybridized carbons (Fsp3) is 0.576. The molecule has 2 unspecified atom stereocenters. The first-order valence-electron chi connectivity index (χ1n) is 14.3. The van der Waals surface area contributed by atoms with Crippen LogP contribution in [-0.2, 0) is 14.3 Å². The number of ether oxygens (including phenoxy) is 1. The smallest absolute Gasteiger partial charge is 0.156 e. The second kappa shape index (κ2) is 9.49. The van der Waals surface area contributed by atoms with E-state index >= 15 is 4.39 Å². The third kappa shape index (κ3) is 3.74. The molecule has 1 aromatic rings. The summed E-state index contributed by atoms with van der Waals surface area (Å²) < 4.78 is 21.3. The molecular formula is C33H38FNO3. The SMILES string of the molecule is CC#C[C@]1(C(C)=O)CC[C@H]2[C@@H]3CC(F)C4=CC(=O)CCC4=C3C(c3ccc(N4CCOCC4)cc3)C[C@@]21C. The normalized spacial score (nSPS) is 36.5. The van der Waals surface area contributed by atoms with E-state index in [-0.39, 0.29) is 34.7 Å². The largest absolute Gasteiger partial charge is 0.378 e. The first-order valence-corrected chi connectivity index (χ1v) is 14.3. The van der Waals surface area contributed by atoms with Crippen LogP contribution in [0.2, 0.25) is 0 Å². The summed E-state index contributed by atoms with van der Waals surface area (Å²) in [5.74, 6) is 7.03. The van der Waals surface area contributed by atoms with Crippen LogP contribution in [0, 0.1) is 34.5 Å². The molecule has 5 heteroatoms. The predicted octanol–water partition coefficient (Wildman–Crippen LogP) is 5.97. The first-order chi connectivity index (χ1) is 18.3. The lowest BCUT2D eigenvalue weighted by molar-refractivity contribution is -0.130. The van der Waals surface area contributed by atoms with Gasteiger partial charge in [-0.1, -0.05) is 30.6 Å². The average molecular weight is 516 g/mol. The van der Waals surface area contributed by atoms with Crippen LogP contribution in [0.25, 0.3) is 0 Å². The van der Waals surface area contributed by atoms with E-state index in [0.717, 1.165) is 51.1 Å². The molecule has 0 amide bonds. The quantitative estimate of drug-likeness (QED) is 0.466. The zero-order chi connectivity index (χ0) is 26.7. The zero-order valence-electron chi connectivity index (χ0n) is 22.8. The Bertz CT molecular complexity index is 1280. The van der Waals surface area contributed by atoms with Gasteiger partial charge in [-0.15, -0.1) is 5.92 Å². The molecule has 1 aromatic carbocycles. The summed E-state index contributed by atoms with van der Waals surface area (Å²) in [4.78, 5) is 28.0. The minimum absolute atomic E-state index is 0.0344. The Hall–Kier alpha value is -2.71. The molecule has 1 aliphatic heterocycles. The van der Waals surface area contributed by atoms with E-state index in [1.807, 2.05) is 6.92 Å². The summed E-state index contributed by atoms with van der Waals surface area (Å²) >= 11 is 0. The fourth-order valence-electron chi connectivity index (χ4n) is 8.78. The number of halogens is 1. The van der Waals surface area contributed by atoms with Gasteiger partial charge in [0.1, 0.15) is 12.0 Å². The van der Waals surface area contributed by atoms with Crippen molar-refractivity contribution in [1.82, 2.24) is 0 Å². The van der Waals surface area contributed by atoms with Gasteiger partial charge in [0.05, 0.1) is 18.6 Å². The number of rotatable bonds is 3. The van der Waals surface area contributed by atoms with Crippen molar-refractivity contribution in [3.8, 4) is 11.8 Å². The number of Topliss-reactive ketones (excluding diaryl/α,β-unsaturated/α-hetero) is 1. The molecule has 200 valence electrons. The maximum absolute atomic E-state index is 15.8. The van der Waals surface area contributed by atoms with Crippen LogP contribution < -0.4 is 4.90 Å². The van der Waals surface area contributed by atoms with E-state index in [0.29, 0.717) is 24.8 Å². The van der Waals surface area contributed by atoms with Gasteiger partial charge in [-0.25, -0.2) is 4.39 Å². The standard InChI is InChI=1S/C33H38FNO3/c1-4-12-33(21(2)36)13-11-29-27-19-30(34)26-18-24(37)9-10-25(26)31(27)28(20-32(29,33)3)22-5-7-23(8-6-22)35-14-16-38-17-15-35/h5-8,18,27-30H,9-11,13-17,19-20H2,1-3H3/t27-,28?,29-,30?,32-,33+/m0/s1. The number of benzene rings is 1. The molecule has 2 saturated carbocycles. The molecule has 5 aliphatic rings. The molecule has 3 fully saturated rings. The highest BCUT2D eigenvalue weighted by Gasteiger charge is 2.65. The minimum Gasteiger partial charge on any atom is -0.378 e. The molecule has 6 rings (SSSR count). The summed E-state index contributed by atoms with van der Waals surface area (Å²) in [5.41, 5.74) is 4.42. The molecule has 1 heterocycles. The second-order valence-electron chi connectivity index (χ2n) is 12.2. The van der Waals surface area contributed by atoms with Crippen molar-refractivity contribution in [2.24, 2.45) is 22.7 Å². The molecule has 4 nitrogen and oxygen atoms in total. The number of ketones is 2. The van der Waals surface area contributed by atoms with Crippen molar-refractivity contribution in [3.05, 3.63) is 52.6 Å². The van der Waals surface area contributed by atoms with Gasteiger partial charge in [0, 0.05) is 31.1 Å². The van der Waals surface area contributed by atoms with E-state index in [4.69, 9.17) is 4.74 Å². The second-order valence-corrected chi connectivity index (χ2v) is 12.2. The number of anilines is 1. The van der Waals surface area contributed by atoms with Gasteiger partial charge in [-0.2, -0.15) is 0 Å². The summed E-state index contributed by atoms with van der Waals surface area (Å²) in [5, 5.41) is 0. The Labute approximate surface area is 225 Å². The molecule has 4 aliphatic carbocycles.